The predicted molar refractivity (Wildman–Crippen MR) is 115 cm³/mol. The van der Waals surface area contributed by atoms with Crippen molar-refractivity contribution in [3.8, 4) is 22.6 Å². The molecular formula is C21H28Cl2O2Si. The molecular weight excluding hydrogens is 383 g/mol. The predicted octanol–water partition coefficient (Wildman–Crippen LogP) is 6.65. The highest BCUT2D eigenvalue weighted by atomic mass is 35.7. The van der Waals surface area contributed by atoms with Crippen molar-refractivity contribution in [1.82, 2.24) is 0 Å². The van der Waals surface area contributed by atoms with Gasteiger partial charge in [-0.3, -0.25) is 0 Å². The van der Waals surface area contributed by atoms with Gasteiger partial charge in [0.2, 0.25) is 7.42 Å². The summed E-state index contributed by atoms with van der Waals surface area (Å²) in [4.78, 5) is 0. The molecule has 0 amide bonds. The number of phenols is 1. The lowest BCUT2D eigenvalue weighted by Gasteiger charge is -2.12. The largest absolute Gasteiger partial charge is 0.508 e. The second-order valence-electron chi connectivity index (χ2n) is 6.56. The number of halogens is 2. The van der Waals surface area contributed by atoms with E-state index >= 15 is 0 Å². The molecule has 0 radical (unpaired) electrons. The Morgan fingerprint density at radius 1 is 0.962 bits per heavy atom. The average Bonchev–Trinajstić information content (AvgIpc) is 2.62. The first kappa shape index (κ1) is 21.1. The Morgan fingerprint density at radius 3 is 2.42 bits per heavy atom. The molecule has 2 aromatic rings. The number of rotatable bonds is 11. The fraction of sp³-hybridized carbons (Fsp3) is 0.429. The third-order valence-corrected chi connectivity index (χ3v) is 6.54. The Labute approximate surface area is 168 Å². The zero-order valence-corrected chi connectivity index (χ0v) is 18.1. The molecule has 0 aliphatic carbocycles. The summed E-state index contributed by atoms with van der Waals surface area (Å²) in [5.74, 6) is 1.20. The highest BCUT2D eigenvalue weighted by molar-refractivity contribution is 7.33. The van der Waals surface area contributed by atoms with Crippen LogP contribution >= 0.6 is 22.2 Å². The fourth-order valence-corrected chi connectivity index (χ4v) is 4.40. The Kier molecular flexibility index (Phi) is 9.37. The van der Waals surface area contributed by atoms with Crippen LogP contribution in [0, 0.1) is 0 Å². The molecule has 0 bridgehead atoms. The maximum atomic E-state index is 9.83. The van der Waals surface area contributed by atoms with Gasteiger partial charge in [-0.05, 0) is 66.3 Å². The SMILES string of the molecule is CCCCCCOc1ccc(-c2ccc(O)cc2CCC[SiH](Cl)Cl)cc1. The number of hydrogen-bond acceptors (Lipinski definition) is 2. The quantitative estimate of drug-likeness (QED) is 0.255. The van der Waals surface area contributed by atoms with Crippen LogP contribution in [-0.4, -0.2) is 19.1 Å². The lowest BCUT2D eigenvalue weighted by molar-refractivity contribution is 0.305. The van der Waals surface area contributed by atoms with E-state index in [0.717, 1.165) is 54.4 Å². The van der Waals surface area contributed by atoms with Crippen molar-refractivity contribution in [2.45, 2.75) is 51.5 Å². The highest BCUT2D eigenvalue weighted by Crippen LogP contribution is 2.30. The van der Waals surface area contributed by atoms with E-state index in [0.29, 0.717) is 5.75 Å². The van der Waals surface area contributed by atoms with Crippen molar-refractivity contribution in [3.05, 3.63) is 48.0 Å². The molecule has 0 heterocycles. The van der Waals surface area contributed by atoms with Gasteiger partial charge in [-0.25, -0.2) is 0 Å². The number of aryl methyl sites for hydroxylation is 1. The van der Waals surface area contributed by atoms with Crippen LogP contribution in [0.3, 0.4) is 0 Å². The van der Waals surface area contributed by atoms with Gasteiger partial charge in [0.05, 0.1) is 6.61 Å². The van der Waals surface area contributed by atoms with Gasteiger partial charge in [-0.1, -0.05) is 44.4 Å². The fourth-order valence-electron chi connectivity index (χ4n) is 2.96. The molecule has 0 fully saturated rings. The summed E-state index contributed by atoms with van der Waals surface area (Å²) in [6.45, 7) is 2.98. The standard InChI is InChI=1S/C21H28Cl2O2Si/c1-2-3-4-5-14-25-20-11-8-17(9-12-20)21-13-10-19(24)16-18(21)7-6-15-26(22)23/h8-13,16,24,26H,2-7,14-15H2,1H3. The van der Waals surface area contributed by atoms with Gasteiger partial charge in [-0.15, -0.1) is 0 Å². The number of benzene rings is 2. The van der Waals surface area contributed by atoms with Crippen molar-refractivity contribution in [2.24, 2.45) is 0 Å². The van der Waals surface area contributed by atoms with E-state index < -0.39 is 7.42 Å². The van der Waals surface area contributed by atoms with Gasteiger partial charge >= 0.3 is 0 Å². The molecule has 142 valence electrons. The Balaban J connectivity index is 2.01. The van der Waals surface area contributed by atoms with Gasteiger partial charge in [-0.2, -0.15) is 22.2 Å². The van der Waals surface area contributed by atoms with Crippen molar-refractivity contribution < 1.29 is 9.84 Å². The van der Waals surface area contributed by atoms with Crippen LogP contribution in [0.4, 0.5) is 0 Å². The highest BCUT2D eigenvalue weighted by Gasteiger charge is 2.09. The van der Waals surface area contributed by atoms with E-state index in [9.17, 15) is 5.11 Å². The van der Waals surface area contributed by atoms with Gasteiger partial charge in [0.15, 0.2) is 0 Å². The van der Waals surface area contributed by atoms with Gasteiger partial charge < -0.3 is 9.84 Å². The maximum Gasteiger partial charge on any atom is 0.237 e. The van der Waals surface area contributed by atoms with Crippen LogP contribution in [0.15, 0.2) is 42.5 Å². The Morgan fingerprint density at radius 2 is 1.73 bits per heavy atom. The molecule has 0 spiro atoms. The molecule has 0 aliphatic heterocycles. The number of phenolic OH excluding ortho intramolecular Hbond substituents is 1. The summed E-state index contributed by atoms with van der Waals surface area (Å²) in [7, 11) is -1.57. The Bertz CT molecular complexity index is 660. The van der Waals surface area contributed by atoms with Crippen LogP contribution in [0.25, 0.3) is 11.1 Å². The van der Waals surface area contributed by atoms with Crippen LogP contribution in [0.1, 0.15) is 44.6 Å². The minimum atomic E-state index is -1.57. The summed E-state index contributed by atoms with van der Waals surface area (Å²) in [6, 6.07) is 14.6. The van der Waals surface area contributed by atoms with E-state index in [4.69, 9.17) is 26.9 Å². The minimum Gasteiger partial charge on any atom is -0.508 e. The van der Waals surface area contributed by atoms with E-state index in [-0.39, 0.29) is 0 Å². The lowest BCUT2D eigenvalue weighted by atomic mass is 9.96. The number of aromatic hydroxyl groups is 1. The third-order valence-electron chi connectivity index (χ3n) is 4.39. The maximum absolute atomic E-state index is 9.83. The molecule has 2 rings (SSSR count). The zero-order chi connectivity index (χ0) is 18.8. The van der Waals surface area contributed by atoms with Gasteiger partial charge in [0.25, 0.3) is 0 Å². The first-order chi connectivity index (χ1) is 12.6. The van der Waals surface area contributed by atoms with E-state index in [2.05, 4.69) is 19.1 Å². The second kappa shape index (κ2) is 11.5. The summed E-state index contributed by atoms with van der Waals surface area (Å²) >= 11 is 11.9. The molecule has 2 aromatic carbocycles. The topological polar surface area (TPSA) is 29.5 Å². The number of hydrogen-bond donors (Lipinski definition) is 1. The van der Waals surface area contributed by atoms with Crippen molar-refractivity contribution in [2.75, 3.05) is 6.61 Å². The molecule has 0 saturated carbocycles. The number of ether oxygens (including phenoxy) is 1. The Hall–Kier alpha value is -1.16. The number of unbranched alkanes of at least 4 members (excludes halogenated alkanes) is 3. The molecule has 5 heteroatoms. The monoisotopic (exact) mass is 410 g/mol. The van der Waals surface area contributed by atoms with Crippen molar-refractivity contribution in [3.63, 3.8) is 0 Å². The van der Waals surface area contributed by atoms with Crippen LogP contribution in [0.2, 0.25) is 6.04 Å². The zero-order valence-electron chi connectivity index (χ0n) is 15.4. The van der Waals surface area contributed by atoms with Crippen molar-refractivity contribution in [1.29, 1.82) is 0 Å². The van der Waals surface area contributed by atoms with E-state index in [1.165, 1.54) is 19.3 Å². The summed E-state index contributed by atoms with van der Waals surface area (Å²) in [6.07, 6.45) is 6.63. The normalized spacial score (nSPS) is 11.1. The average molecular weight is 411 g/mol. The smallest absolute Gasteiger partial charge is 0.237 e. The van der Waals surface area contributed by atoms with Crippen LogP contribution < -0.4 is 4.74 Å². The molecule has 0 atom stereocenters. The summed E-state index contributed by atoms with van der Waals surface area (Å²) in [5, 5.41) is 9.83. The second-order valence-corrected chi connectivity index (χ2v) is 11.7. The van der Waals surface area contributed by atoms with Gasteiger partial charge in [0.1, 0.15) is 11.5 Å². The van der Waals surface area contributed by atoms with Crippen LogP contribution in [0.5, 0.6) is 11.5 Å². The lowest BCUT2D eigenvalue weighted by Crippen LogP contribution is -1.97. The first-order valence-corrected chi connectivity index (χ1v) is 13.7. The van der Waals surface area contributed by atoms with E-state index in [1.54, 1.807) is 6.07 Å². The molecule has 0 aromatic heterocycles. The molecule has 0 aliphatic rings. The minimum absolute atomic E-state index is 0.293. The summed E-state index contributed by atoms with van der Waals surface area (Å²) < 4.78 is 5.82. The van der Waals surface area contributed by atoms with Crippen LogP contribution in [-0.2, 0) is 6.42 Å². The van der Waals surface area contributed by atoms with Crippen molar-refractivity contribution >= 4 is 29.6 Å². The molecule has 26 heavy (non-hydrogen) atoms. The molecule has 2 nitrogen and oxygen atoms in total. The molecule has 0 saturated heterocycles. The third kappa shape index (κ3) is 7.22. The van der Waals surface area contributed by atoms with Gasteiger partial charge in [0, 0.05) is 0 Å². The molecule has 0 unspecified atom stereocenters. The first-order valence-electron chi connectivity index (χ1n) is 9.43. The molecule has 1 N–H and O–H groups in total. The van der Waals surface area contributed by atoms with E-state index in [1.807, 2.05) is 24.3 Å². The summed E-state index contributed by atoms with van der Waals surface area (Å²) in [5.41, 5.74) is 3.39.